The first-order valence-electron chi connectivity index (χ1n) is 10.8. The number of likely N-dealkylation sites (N-methyl/N-ethyl adjacent to an activating group) is 1. The lowest BCUT2D eigenvalue weighted by Crippen LogP contribution is -2.29. The number of esters is 1. The third-order valence-electron chi connectivity index (χ3n) is 4.82. The maximum atomic E-state index is 11.1. The van der Waals surface area contributed by atoms with E-state index in [4.69, 9.17) is 20.9 Å². The number of ether oxygens (including phenoxy) is 2. The van der Waals surface area contributed by atoms with Crippen molar-refractivity contribution in [1.29, 1.82) is 0 Å². The van der Waals surface area contributed by atoms with Crippen molar-refractivity contribution in [3.8, 4) is 5.75 Å². The second-order valence-electron chi connectivity index (χ2n) is 7.50. The van der Waals surface area contributed by atoms with E-state index in [0.717, 1.165) is 46.7 Å². The number of carbonyl (C=O) groups excluding carboxylic acids is 1. The Morgan fingerprint density at radius 2 is 1.68 bits per heavy atom. The summed E-state index contributed by atoms with van der Waals surface area (Å²) in [6, 6.07) is 13.5. The van der Waals surface area contributed by atoms with E-state index in [2.05, 4.69) is 14.9 Å². The normalized spacial score (nSPS) is 10.4. The summed E-state index contributed by atoms with van der Waals surface area (Å²) < 4.78 is 40.8. The van der Waals surface area contributed by atoms with Crippen molar-refractivity contribution in [3.05, 3.63) is 54.6 Å². The molecule has 0 atom stereocenters. The van der Waals surface area contributed by atoms with Gasteiger partial charge in [-0.1, -0.05) is 6.58 Å². The first kappa shape index (κ1) is 31.6. The minimum Gasteiger partial charge on any atom is -0.497 e. The van der Waals surface area contributed by atoms with Gasteiger partial charge in [0.1, 0.15) is 17.9 Å². The smallest absolute Gasteiger partial charge is 0.399 e. The van der Waals surface area contributed by atoms with Crippen LogP contribution in [0.2, 0.25) is 0 Å². The molecule has 1 aromatic heterocycles. The third kappa shape index (κ3) is 10.6. The summed E-state index contributed by atoms with van der Waals surface area (Å²) in [7, 11) is 3.95. The van der Waals surface area contributed by atoms with E-state index in [1.807, 2.05) is 66.0 Å². The maximum absolute atomic E-state index is 11.1. The van der Waals surface area contributed by atoms with Gasteiger partial charge in [-0.25, -0.2) is 9.36 Å². The van der Waals surface area contributed by atoms with Crippen LogP contribution >= 0.6 is 11.3 Å². The summed E-state index contributed by atoms with van der Waals surface area (Å²) in [4.78, 5) is 13.1. The van der Waals surface area contributed by atoms with Crippen LogP contribution in [0.3, 0.4) is 0 Å². The number of carbonyl (C=O) groups is 1. The minimum atomic E-state index is -3.66. The van der Waals surface area contributed by atoms with Gasteiger partial charge < -0.3 is 20.1 Å². The molecule has 0 saturated heterocycles. The third-order valence-corrected chi connectivity index (χ3v) is 6.67. The number of hydrogen-bond donors (Lipinski definition) is 2. The van der Waals surface area contributed by atoms with Crippen LogP contribution in [0, 0.1) is 0 Å². The molecule has 204 valence electrons. The van der Waals surface area contributed by atoms with E-state index < -0.39 is 10.4 Å². The Morgan fingerprint density at radius 1 is 1.08 bits per heavy atom. The predicted octanol–water partition coefficient (Wildman–Crippen LogP) is 2.66. The van der Waals surface area contributed by atoms with Gasteiger partial charge in [0, 0.05) is 30.1 Å². The van der Waals surface area contributed by atoms with Gasteiger partial charge >= 0.3 is 21.5 Å². The lowest BCUT2D eigenvalue weighted by Gasteiger charge is -2.19. The van der Waals surface area contributed by atoms with E-state index >= 15 is 0 Å². The van der Waals surface area contributed by atoms with Crippen molar-refractivity contribution in [2.24, 2.45) is 7.05 Å². The largest absolute Gasteiger partial charge is 0.497 e. The Hall–Kier alpha value is -3.39. The molecule has 4 N–H and O–H groups in total. The van der Waals surface area contributed by atoms with Crippen LogP contribution in [0.5, 0.6) is 5.75 Å². The Morgan fingerprint density at radius 3 is 2.16 bits per heavy atom. The molecule has 0 aliphatic carbocycles. The van der Waals surface area contributed by atoms with Crippen molar-refractivity contribution >= 4 is 54.4 Å². The van der Waals surface area contributed by atoms with Crippen molar-refractivity contribution < 1.29 is 35.6 Å². The van der Waals surface area contributed by atoms with E-state index in [1.165, 1.54) is 0 Å². The van der Waals surface area contributed by atoms with Crippen LogP contribution in [0.15, 0.2) is 54.6 Å². The summed E-state index contributed by atoms with van der Waals surface area (Å²) in [5.74, 6) is 0.519. The fourth-order valence-corrected chi connectivity index (χ4v) is 3.69. The van der Waals surface area contributed by atoms with Crippen LogP contribution in [-0.4, -0.2) is 55.9 Å². The molecule has 11 nitrogen and oxygen atoms in total. The first-order valence-corrected chi connectivity index (χ1v) is 13.0. The average Bonchev–Trinajstić information content (AvgIpc) is 3.17. The topological polar surface area (TPSA) is 147 Å². The number of nitrogens with two attached hydrogens (primary N) is 2. The van der Waals surface area contributed by atoms with Gasteiger partial charge in [-0.05, 0) is 54.7 Å². The molecule has 0 aliphatic heterocycles. The molecular weight excluding hydrogens is 520 g/mol. The number of aromatic nitrogens is 1. The Kier molecular flexibility index (Phi) is 12.8. The lowest BCUT2D eigenvalue weighted by atomic mass is 10.2. The van der Waals surface area contributed by atoms with E-state index in [9.17, 15) is 13.2 Å². The molecule has 3 aromatic rings. The molecule has 0 radical (unpaired) electrons. The highest BCUT2D eigenvalue weighted by molar-refractivity contribution is 7.81. The molecule has 0 bridgehead atoms. The minimum absolute atomic E-state index is 0.340. The van der Waals surface area contributed by atoms with Gasteiger partial charge in [0.05, 0.1) is 39.6 Å². The van der Waals surface area contributed by atoms with Gasteiger partial charge in [0.15, 0.2) is 0 Å². The van der Waals surface area contributed by atoms with E-state index in [0.29, 0.717) is 18.7 Å². The summed E-state index contributed by atoms with van der Waals surface area (Å²) in [5, 5.41) is 0.809. The van der Waals surface area contributed by atoms with Gasteiger partial charge in [-0.3, -0.25) is 14.1 Å². The fourth-order valence-electron chi connectivity index (χ4n) is 2.60. The van der Waals surface area contributed by atoms with Crippen molar-refractivity contribution in [3.63, 3.8) is 0 Å². The first-order chi connectivity index (χ1) is 17.3. The number of nitrogens with zero attached hydrogens (tertiary/aromatic N) is 2. The number of rotatable bonds is 8. The van der Waals surface area contributed by atoms with Gasteiger partial charge in [-0.15, -0.1) is 0 Å². The Labute approximate surface area is 222 Å². The quantitative estimate of drug-likeness (QED) is 0.184. The number of methoxy groups -OCH3 is 1. The Bertz CT molecular complexity index is 1270. The number of thiazole rings is 1. The van der Waals surface area contributed by atoms with Gasteiger partial charge in [0.2, 0.25) is 0 Å². The summed E-state index contributed by atoms with van der Waals surface area (Å²) in [6.45, 7) is 6.12. The van der Waals surface area contributed by atoms with E-state index in [-0.39, 0.29) is 5.97 Å². The molecular formula is C24H35N4O7S2+. The summed E-state index contributed by atoms with van der Waals surface area (Å²) in [6.07, 6.45) is 0. The average molecular weight is 556 g/mol. The standard InChI is InChI=1S/C13H18N2O2.C9H10N2OS.C2H6O4S/c1-10(2)13(16)17-9-8-15(3)12-6-4-11(14)5-7-12;1-11-7-4-3-6(12-2)5-8(7)13-9(11)10;1-5-7(3,4)6-2/h4-7H,1,8-9,14H2,2-3H3;3-5,10H,1-2H3;1-2H3/p+1. The number of benzene rings is 2. The zero-order chi connectivity index (χ0) is 28.2. The lowest BCUT2D eigenvalue weighted by molar-refractivity contribution is -0.626. The predicted molar refractivity (Wildman–Crippen MR) is 147 cm³/mol. The summed E-state index contributed by atoms with van der Waals surface area (Å²) >= 11 is 1.57. The number of aryl methyl sites for hydroxylation is 1. The number of anilines is 3. The zero-order valence-corrected chi connectivity index (χ0v) is 23.5. The van der Waals surface area contributed by atoms with Gasteiger partial charge in [-0.2, -0.15) is 8.42 Å². The van der Waals surface area contributed by atoms with Gasteiger partial charge in [0.25, 0.3) is 0 Å². The number of nitrogen functional groups attached to an aromatic ring is 2. The molecule has 0 saturated carbocycles. The molecule has 2 aromatic carbocycles. The molecule has 0 aliphatic rings. The molecule has 1 heterocycles. The van der Waals surface area contributed by atoms with Crippen molar-refractivity contribution in [2.75, 3.05) is 57.9 Å². The highest BCUT2D eigenvalue weighted by atomic mass is 32.3. The molecule has 3 rings (SSSR count). The highest BCUT2D eigenvalue weighted by Gasteiger charge is 2.11. The molecule has 0 fully saturated rings. The molecule has 0 unspecified atom stereocenters. The molecule has 13 heteroatoms. The second kappa shape index (κ2) is 15.0. The van der Waals surface area contributed by atoms with Crippen molar-refractivity contribution in [2.45, 2.75) is 6.92 Å². The molecule has 0 amide bonds. The molecule has 37 heavy (non-hydrogen) atoms. The number of hydrogen-bond acceptors (Lipinski definition) is 11. The maximum Gasteiger partial charge on any atom is 0.399 e. The van der Waals surface area contributed by atoms with Crippen LogP contribution in [0.25, 0.3) is 10.2 Å². The molecule has 0 spiro atoms. The SMILES string of the molecule is C=C(C)C(=O)OCCN(C)c1ccc(N)cc1.COS(=O)(=O)OC.COc1ccc2c(c1)sc(N)[n+]2C. The van der Waals surface area contributed by atoms with Crippen LogP contribution in [-0.2, 0) is 35.3 Å². The zero-order valence-electron chi connectivity index (χ0n) is 21.9. The van der Waals surface area contributed by atoms with Crippen LogP contribution in [0.4, 0.5) is 16.5 Å². The summed E-state index contributed by atoms with van der Waals surface area (Å²) in [5.41, 5.74) is 14.7. The highest BCUT2D eigenvalue weighted by Crippen LogP contribution is 2.25. The van der Waals surface area contributed by atoms with Crippen LogP contribution in [0.1, 0.15) is 6.92 Å². The fraction of sp³-hybridized carbons (Fsp3) is 0.333. The number of fused-ring (bicyclic) bond motifs is 1. The second-order valence-corrected chi connectivity index (χ2v) is 10.0. The Balaban J connectivity index is 0.000000302. The van der Waals surface area contributed by atoms with Crippen molar-refractivity contribution in [1.82, 2.24) is 0 Å². The monoisotopic (exact) mass is 555 g/mol. The van der Waals surface area contributed by atoms with E-state index in [1.54, 1.807) is 25.4 Å². The van der Waals surface area contributed by atoms with Crippen LogP contribution < -0.4 is 25.7 Å².